The first-order valence-electron chi connectivity index (χ1n) is 33.5. The molecule has 2 unspecified atom stereocenters. The SMILES string of the molecule is CCCCCCCCCCCCCCCCCCCCCCCCC/C=C/C(O)C(CO)NC(=O)CCCCCCCCCCCCCCOC(=O)CCCCCCCCCCCCCCCCCCCCC. The van der Waals surface area contributed by atoms with E-state index in [-0.39, 0.29) is 18.5 Å². The lowest BCUT2D eigenvalue weighted by Gasteiger charge is -2.20. The molecule has 0 aromatic heterocycles. The number of nitrogens with one attached hydrogen (secondary N) is 1. The largest absolute Gasteiger partial charge is 0.466 e. The van der Waals surface area contributed by atoms with Crippen LogP contribution in [0.1, 0.15) is 380 Å². The third-order valence-corrected chi connectivity index (χ3v) is 15.8. The molecular weight excluding hydrogens is 899 g/mol. The molecule has 0 aliphatic rings. The van der Waals surface area contributed by atoms with Crippen LogP contribution in [0.15, 0.2) is 12.2 Å². The summed E-state index contributed by atoms with van der Waals surface area (Å²) in [5, 5.41) is 23.2. The maximum atomic E-state index is 12.5. The molecule has 0 rings (SSSR count). The van der Waals surface area contributed by atoms with Crippen molar-refractivity contribution in [2.24, 2.45) is 0 Å². The van der Waals surface area contributed by atoms with Gasteiger partial charge in [0.05, 0.1) is 25.4 Å². The molecule has 0 aromatic carbocycles. The molecule has 0 saturated carbocycles. The Kier molecular flexibility index (Phi) is 61.9. The van der Waals surface area contributed by atoms with E-state index >= 15 is 0 Å². The summed E-state index contributed by atoms with van der Waals surface area (Å²) in [5.41, 5.74) is 0. The summed E-state index contributed by atoms with van der Waals surface area (Å²) < 4.78 is 5.50. The van der Waals surface area contributed by atoms with Gasteiger partial charge < -0.3 is 20.3 Å². The number of rotatable bonds is 63. The smallest absolute Gasteiger partial charge is 0.305 e. The fraction of sp³-hybridized carbons (Fsp3) is 0.940. The summed E-state index contributed by atoms with van der Waals surface area (Å²) in [6, 6.07) is -0.640. The molecule has 6 nitrogen and oxygen atoms in total. The monoisotopic (exact) mass is 1030 g/mol. The topological polar surface area (TPSA) is 95.9 Å². The van der Waals surface area contributed by atoms with Crippen LogP contribution in [-0.4, -0.2) is 47.4 Å². The van der Waals surface area contributed by atoms with Gasteiger partial charge in [0.1, 0.15) is 0 Å². The van der Waals surface area contributed by atoms with Gasteiger partial charge >= 0.3 is 5.97 Å². The molecule has 0 radical (unpaired) electrons. The zero-order valence-corrected chi connectivity index (χ0v) is 49.6. The number of hydrogen-bond donors (Lipinski definition) is 3. The summed E-state index contributed by atoms with van der Waals surface area (Å²) in [6.07, 6.45) is 76.9. The fourth-order valence-electron chi connectivity index (χ4n) is 10.7. The second-order valence-electron chi connectivity index (χ2n) is 23.2. The van der Waals surface area contributed by atoms with Crippen LogP contribution in [-0.2, 0) is 14.3 Å². The van der Waals surface area contributed by atoms with E-state index in [1.807, 2.05) is 6.08 Å². The van der Waals surface area contributed by atoms with Crippen molar-refractivity contribution in [2.45, 2.75) is 392 Å². The van der Waals surface area contributed by atoms with Crippen LogP contribution in [0, 0.1) is 0 Å². The minimum Gasteiger partial charge on any atom is -0.466 e. The van der Waals surface area contributed by atoms with Crippen molar-refractivity contribution in [2.75, 3.05) is 13.2 Å². The fourth-order valence-corrected chi connectivity index (χ4v) is 10.7. The van der Waals surface area contributed by atoms with Gasteiger partial charge in [-0.3, -0.25) is 9.59 Å². The van der Waals surface area contributed by atoms with Gasteiger partial charge in [-0.2, -0.15) is 0 Å². The first-order valence-corrected chi connectivity index (χ1v) is 33.5. The zero-order valence-electron chi connectivity index (χ0n) is 49.6. The van der Waals surface area contributed by atoms with Gasteiger partial charge in [0.2, 0.25) is 5.91 Å². The number of allylic oxidation sites excluding steroid dienone is 1. The van der Waals surface area contributed by atoms with Crippen molar-refractivity contribution in [3.8, 4) is 0 Å². The minimum absolute atomic E-state index is 0.00451. The van der Waals surface area contributed by atoms with Gasteiger partial charge in [0.15, 0.2) is 0 Å². The molecular formula is C67H131NO5. The molecule has 0 heterocycles. The molecule has 0 aliphatic heterocycles. The van der Waals surface area contributed by atoms with E-state index < -0.39 is 12.1 Å². The molecule has 0 saturated heterocycles. The Bertz CT molecular complexity index is 1100. The normalized spacial score (nSPS) is 12.5. The highest BCUT2D eigenvalue weighted by Gasteiger charge is 2.18. The molecule has 1 amide bonds. The Morgan fingerprint density at radius 2 is 0.630 bits per heavy atom. The van der Waals surface area contributed by atoms with Gasteiger partial charge in [-0.25, -0.2) is 0 Å². The second kappa shape index (κ2) is 63.1. The number of esters is 1. The van der Waals surface area contributed by atoms with E-state index in [1.165, 1.54) is 295 Å². The maximum absolute atomic E-state index is 12.5. The van der Waals surface area contributed by atoms with Crippen molar-refractivity contribution in [1.29, 1.82) is 0 Å². The molecule has 0 aliphatic carbocycles. The molecule has 3 N–H and O–H groups in total. The number of unbranched alkanes of at least 4 members (excludes halogenated alkanes) is 52. The highest BCUT2D eigenvalue weighted by Crippen LogP contribution is 2.19. The summed E-state index contributed by atoms with van der Waals surface area (Å²) >= 11 is 0. The van der Waals surface area contributed by atoms with Crippen molar-refractivity contribution in [3.05, 3.63) is 12.2 Å². The van der Waals surface area contributed by atoms with E-state index in [2.05, 4.69) is 19.2 Å². The van der Waals surface area contributed by atoms with Crippen molar-refractivity contribution in [1.82, 2.24) is 5.32 Å². The predicted molar refractivity (Wildman–Crippen MR) is 320 cm³/mol. The Morgan fingerprint density at radius 3 is 0.932 bits per heavy atom. The lowest BCUT2D eigenvalue weighted by Crippen LogP contribution is -2.45. The summed E-state index contributed by atoms with van der Waals surface area (Å²) in [4.78, 5) is 24.6. The number of carbonyl (C=O) groups is 2. The van der Waals surface area contributed by atoms with E-state index in [0.717, 1.165) is 57.8 Å². The first-order chi connectivity index (χ1) is 36.0. The first kappa shape index (κ1) is 71.6. The number of carbonyl (C=O) groups excluding carboxylic acids is 2. The second-order valence-corrected chi connectivity index (χ2v) is 23.2. The molecule has 0 spiro atoms. The molecule has 6 heteroatoms. The highest BCUT2D eigenvalue weighted by atomic mass is 16.5. The highest BCUT2D eigenvalue weighted by molar-refractivity contribution is 5.76. The van der Waals surface area contributed by atoms with Gasteiger partial charge in [-0.15, -0.1) is 0 Å². The summed E-state index contributed by atoms with van der Waals surface area (Å²) in [7, 11) is 0. The number of hydrogen-bond acceptors (Lipinski definition) is 5. The van der Waals surface area contributed by atoms with Crippen molar-refractivity contribution in [3.63, 3.8) is 0 Å². The van der Waals surface area contributed by atoms with Crippen molar-refractivity contribution < 1.29 is 24.5 Å². The molecule has 73 heavy (non-hydrogen) atoms. The van der Waals surface area contributed by atoms with Crippen LogP contribution < -0.4 is 5.32 Å². The summed E-state index contributed by atoms with van der Waals surface area (Å²) in [5.74, 6) is -0.0827. The standard InChI is InChI=1S/C67H131NO5/c1-3-5-7-9-11-13-15-17-19-21-23-24-25-26-27-28-30-31-33-35-39-43-47-51-55-59-65(70)64(63-69)68-66(71)60-56-52-48-44-40-37-38-42-46-50-54-58-62-73-67(72)61-57-53-49-45-41-36-34-32-29-22-20-18-16-14-12-10-8-6-4-2/h55,59,64-65,69-70H,3-54,56-58,60-63H2,1-2H3,(H,68,71)/b59-55+. The van der Waals surface area contributed by atoms with Gasteiger partial charge in [0, 0.05) is 12.8 Å². The number of amides is 1. The van der Waals surface area contributed by atoms with Crippen LogP contribution in [0.4, 0.5) is 0 Å². The Balaban J connectivity index is 3.44. The average molecular weight is 1030 g/mol. The Labute approximate surface area is 457 Å². The lowest BCUT2D eigenvalue weighted by atomic mass is 10.0. The molecule has 0 bridgehead atoms. The van der Waals surface area contributed by atoms with E-state index in [1.54, 1.807) is 6.08 Å². The maximum Gasteiger partial charge on any atom is 0.305 e. The third kappa shape index (κ3) is 59.7. The zero-order chi connectivity index (χ0) is 52.9. The van der Waals surface area contributed by atoms with Gasteiger partial charge in [-0.1, -0.05) is 347 Å². The third-order valence-electron chi connectivity index (χ3n) is 15.8. The van der Waals surface area contributed by atoms with Crippen LogP contribution in [0.25, 0.3) is 0 Å². The van der Waals surface area contributed by atoms with Crippen LogP contribution in [0.2, 0.25) is 0 Å². The lowest BCUT2D eigenvalue weighted by molar-refractivity contribution is -0.143. The number of aliphatic hydroxyl groups excluding tert-OH is 2. The van der Waals surface area contributed by atoms with E-state index in [0.29, 0.717) is 19.4 Å². The molecule has 0 fully saturated rings. The van der Waals surface area contributed by atoms with Crippen LogP contribution >= 0.6 is 0 Å². The quantitative estimate of drug-likeness (QED) is 0.0320. The minimum atomic E-state index is -0.855. The number of aliphatic hydroxyl groups is 2. The summed E-state index contributed by atoms with van der Waals surface area (Å²) in [6.45, 7) is 4.92. The Hall–Kier alpha value is -1.40. The van der Waals surface area contributed by atoms with E-state index in [4.69, 9.17) is 4.74 Å². The van der Waals surface area contributed by atoms with E-state index in [9.17, 15) is 19.8 Å². The predicted octanol–water partition coefficient (Wildman–Crippen LogP) is 21.2. The number of ether oxygens (including phenoxy) is 1. The van der Waals surface area contributed by atoms with Crippen LogP contribution in [0.3, 0.4) is 0 Å². The molecule has 0 aromatic rings. The average Bonchev–Trinajstić information content (AvgIpc) is 3.39. The molecule has 2 atom stereocenters. The van der Waals surface area contributed by atoms with Gasteiger partial charge in [-0.05, 0) is 32.1 Å². The molecule has 434 valence electrons. The Morgan fingerprint density at radius 1 is 0.370 bits per heavy atom. The van der Waals surface area contributed by atoms with Crippen molar-refractivity contribution >= 4 is 11.9 Å². The van der Waals surface area contributed by atoms with Gasteiger partial charge in [0.25, 0.3) is 0 Å². The van der Waals surface area contributed by atoms with Crippen LogP contribution in [0.5, 0.6) is 0 Å².